The van der Waals surface area contributed by atoms with Crippen molar-refractivity contribution in [2.24, 2.45) is 11.8 Å². The summed E-state index contributed by atoms with van der Waals surface area (Å²) in [6, 6.07) is 0.407. The van der Waals surface area contributed by atoms with Gasteiger partial charge in [-0.15, -0.1) is 0 Å². The third-order valence-corrected chi connectivity index (χ3v) is 3.93. The molecular formula is C10H21NO2S. The Hall–Kier alpha value is -0.0900. The topological polar surface area (TPSA) is 46.2 Å². The molecule has 0 amide bonds. The van der Waals surface area contributed by atoms with Gasteiger partial charge in [0.15, 0.2) is 0 Å². The highest BCUT2D eigenvalue weighted by Gasteiger charge is 2.38. The number of sulfone groups is 1. The van der Waals surface area contributed by atoms with Crippen molar-refractivity contribution in [2.75, 3.05) is 18.6 Å². The van der Waals surface area contributed by atoms with E-state index in [1.165, 1.54) is 12.7 Å². The lowest BCUT2D eigenvalue weighted by Crippen LogP contribution is -2.33. The first-order chi connectivity index (χ1) is 6.44. The molecule has 1 aliphatic rings. The Bertz CT molecular complexity index is 274. The molecule has 3 nitrogen and oxygen atoms in total. The lowest BCUT2D eigenvalue weighted by Gasteiger charge is -2.16. The van der Waals surface area contributed by atoms with Crippen molar-refractivity contribution in [3.05, 3.63) is 0 Å². The average molecular weight is 219 g/mol. The van der Waals surface area contributed by atoms with Crippen LogP contribution in [-0.4, -0.2) is 33.0 Å². The monoisotopic (exact) mass is 219 g/mol. The number of hydrogen-bond acceptors (Lipinski definition) is 3. The van der Waals surface area contributed by atoms with Crippen molar-refractivity contribution in [3.63, 3.8) is 0 Å². The molecule has 1 N–H and O–H groups in total. The maximum Gasteiger partial charge on any atom is 0.147 e. The molecular weight excluding hydrogens is 198 g/mol. The van der Waals surface area contributed by atoms with Crippen LogP contribution in [0.5, 0.6) is 0 Å². The van der Waals surface area contributed by atoms with E-state index in [1.54, 1.807) is 0 Å². The van der Waals surface area contributed by atoms with Crippen LogP contribution in [0.15, 0.2) is 0 Å². The zero-order valence-corrected chi connectivity index (χ0v) is 10.1. The molecule has 14 heavy (non-hydrogen) atoms. The summed E-state index contributed by atoms with van der Waals surface area (Å²) < 4.78 is 22.1. The van der Waals surface area contributed by atoms with Gasteiger partial charge in [0.1, 0.15) is 9.84 Å². The van der Waals surface area contributed by atoms with Gasteiger partial charge in [-0.2, -0.15) is 0 Å². The molecule has 0 heterocycles. The molecule has 1 aliphatic carbocycles. The summed E-state index contributed by atoms with van der Waals surface area (Å²) in [6.07, 6.45) is 3.33. The minimum absolute atomic E-state index is 0.313. The molecule has 3 atom stereocenters. The van der Waals surface area contributed by atoms with Crippen molar-refractivity contribution in [1.29, 1.82) is 0 Å². The molecule has 1 saturated carbocycles. The lowest BCUT2D eigenvalue weighted by molar-refractivity contribution is 0.444. The number of rotatable bonds is 6. The van der Waals surface area contributed by atoms with Gasteiger partial charge in [0, 0.05) is 12.3 Å². The van der Waals surface area contributed by atoms with Crippen LogP contribution >= 0.6 is 0 Å². The Morgan fingerprint density at radius 1 is 1.50 bits per heavy atom. The Morgan fingerprint density at radius 3 is 2.43 bits per heavy atom. The van der Waals surface area contributed by atoms with Crippen molar-refractivity contribution >= 4 is 9.84 Å². The minimum Gasteiger partial charge on any atom is -0.314 e. The fourth-order valence-corrected chi connectivity index (χ4v) is 2.66. The second kappa shape index (κ2) is 4.62. The third kappa shape index (κ3) is 3.96. The first-order valence-electron chi connectivity index (χ1n) is 5.35. The van der Waals surface area contributed by atoms with Crippen LogP contribution < -0.4 is 5.32 Å². The van der Waals surface area contributed by atoms with Crippen LogP contribution in [0.2, 0.25) is 0 Å². The molecule has 0 aromatic rings. The van der Waals surface area contributed by atoms with E-state index in [1.807, 2.05) is 0 Å². The largest absolute Gasteiger partial charge is 0.314 e. The molecule has 0 aliphatic heterocycles. The second-order valence-corrected chi connectivity index (χ2v) is 6.72. The van der Waals surface area contributed by atoms with Crippen LogP contribution in [0.4, 0.5) is 0 Å². The molecule has 1 rings (SSSR count). The van der Waals surface area contributed by atoms with Gasteiger partial charge in [-0.1, -0.05) is 13.8 Å². The summed E-state index contributed by atoms with van der Waals surface area (Å²) in [5.74, 6) is 1.80. The van der Waals surface area contributed by atoms with Gasteiger partial charge in [-0.3, -0.25) is 0 Å². The van der Waals surface area contributed by atoms with Gasteiger partial charge in [0.05, 0.1) is 5.75 Å². The smallest absolute Gasteiger partial charge is 0.147 e. The van der Waals surface area contributed by atoms with Gasteiger partial charge in [0.2, 0.25) is 0 Å². The van der Waals surface area contributed by atoms with E-state index in [9.17, 15) is 8.42 Å². The van der Waals surface area contributed by atoms with Gasteiger partial charge in [-0.25, -0.2) is 8.42 Å². The third-order valence-electron chi connectivity index (χ3n) is 2.95. The molecule has 0 aromatic heterocycles. The highest BCUT2D eigenvalue weighted by atomic mass is 32.2. The van der Waals surface area contributed by atoms with E-state index >= 15 is 0 Å². The standard InChI is InChI=1S/C10H21NO2S/c1-4-11-10(9-7-8(9)2)5-6-14(3,12)13/h8-11H,4-7H2,1-3H3. The molecule has 0 saturated heterocycles. The zero-order chi connectivity index (χ0) is 10.8. The van der Waals surface area contributed by atoms with Gasteiger partial charge >= 0.3 is 0 Å². The first kappa shape index (κ1) is 12.0. The quantitative estimate of drug-likeness (QED) is 0.726. The molecule has 1 fully saturated rings. The van der Waals surface area contributed by atoms with Gasteiger partial charge in [0.25, 0.3) is 0 Å². The fraction of sp³-hybridized carbons (Fsp3) is 1.00. The highest BCUT2D eigenvalue weighted by molar-refractivity contribution is 7.90. The molecule has 84 valence electrons. The van der Waals surface area contributed by atoms with Crippen LogP contribution in [0, 0.1) is 11.8 Å². The van der Waals surface area contributed by atoms with E-state index in [-0.39, 0.29) is 0 Å². The SMILES string of the molecule is CCNC(CCS(C)(=O)=O)C1CC1C. The van der Waals surface area contributed by atoms with Crippen LogP contribution in [0.25, 0.3) is 0 Å². The van der Waals surface area contributed by atoms with Crippen molar-refractivity contribution in [1.82, 2.24) is 5.32 Å². The average Bonchev–Trinajstić information content (AvgIpc) is 2.74. The molecule has 0 aromatic carbocycles. The second-order valence-electron chi connectivity index (χ2n) is 4.46. The van der Waals surface area contributed by atoms with E-state index in [0.29, 0.717) is 17.7 Å². The summed E-state index contributed by atoms with van der Waals surface area (Å²) in [5, 5.41) is 3.38. The fourth-order valence-electron chi connectivity index (χ4n) is 1.98. The molecule has 0 spiro atoms. The number of nitrogens with one attached hydrogen (secondary N) is 1. The molecule has 0 radical (unpaired) electrons. The summed E-state index contributed by atoms with van der Waals surface area (Å²) in [4.78, 5) is 0. The maximum absolute atomic E-state index is 11.0. The minimum atomic E-state index is -2.80. The van der Waals surface area contributed by atoms with Crippen molar-refractivity contribution in [2.45, 2.75) is 32.7 Å². The Balaban J connectivity index is 2.36. The molecule has 4 heteroatoms. The maximum atomic E-state index is 11.0. The summed E-state index contributed by atoms with van der Waals surface area (Å²) in [5.41, 5.74) is 0. The van der Waals surface area contributed by atoms with Crippen LogP contribution in [0.3, 0.4) is 0 Å². The van der Waals surface area contributed by atoms with Gasteiger partial charge in [-0.05, 0) is 31.2 Å². The predicted molar refractivity (Wildman–Crippen MR) is 59.1 cm³/mol. The Morgan fingerprint density at radius 2 is 2.07 bits per heavy atom. The van der Waals surface area contributed by atoms with Crippen molar-refractivity contribution in [3.8, 4) is 0 Å². The highest BCUT2D eigenvalue weighted by Crippen LogP contribution is 2.41. The number of hydrogen-bond donors (Lipinski definition) is 1. The predicted octanol–water partition coefficient (Wildman–Crippen LogP) is 1.06. The van der Waals surface area contributed by atoms with E-state index in [4.69, 9.17) is 0 Å². The lowest BCUT2D eigenvalue weighted by atomic mass is 10.1. The van der Waals surface area contributed by atoms with Gasteiger partial charge < -0.3 is 5.32 Å². The van der Waals surface area contributed by atoms with Crippen molar-refractivity contribution < 1.29 is 8.42 Å². The van der Waals surface area contributed by atoms with Crippen LogP contribution in [0.1, 0.15) is 26.7 Å². The Labute approximate surface area is 87.2 Å². The first-order valence-corrected chi connectivity index (χ1v) is 7.41. The Kier molecular flexibility index (Phi) is 3.95. The van der Waals surface area contributed by atoms with E-state index in [2.05, 4.69) is 19.2 Å². The summed E-state index contributed by atoms with van der Waals surface area (Å²) >= 11 is 0. The summed E-state index contributed by atoms with van der Waals surface area (Å²) in [6.45, 7) is 5.23. The van der Waals surface area contributed by atoms with E-state index < -0.39 is 9.84 Å². The summed E-state index contributed by atoms with van der Waals surface area (Å²) in [7, 11) is -2.80. The molecule has 3 unspecified atom stereocenters. The molecule has 0 bridgehead atoms. The zero-order valence-electron chi connectivity index (χ0n) is 9.29. The van der Waals surface area contributed by atoms with E-state index in [0.717, 1.165) is 18.9 Å². The normalized spacial score (nSPS) is 28.8. The van der Waals surface area contributed by atoms with Crippen LogP contribution in [-0.2, 0) is 9.84 Å².